The van der Waals surface area contributed by atoms with Gasteiger partial charge in [0.05, 0.1) is 16.7 Å². The average molecular weight is 396 g/mol. The Kier molecular flexibility index (Phi) is 5.57. The van der Waals surface area contributed by atoms with E-state index >= 15 is 0 Å². The summed E-state index contributed by atoms with van der Waals surface area (Å²) < 4.78 is 15.4. The third kappa shape index (κ3) is 4.18. The number of aromatic nitrogens is 3. The first-order valence-electron chi connectivity index (χ1n) is 7.98. The van der Waals surface area contributed by atoms with E-state index in [2.05, 4.69) is 36.9 Å². The number of nitrogens with zero attached hydrogens (tertiary/aromatic N) is 3. The quantitative estimate of drug-likeness (QED) is 0.812. The summed E-state index contributed by atoms with van der Waals surface area (Å²) in [5.74, 6) is -0.534. The van der Waals surface area contributed by atoms with Crippen molar-refractivity contribution in [3.8, 4) is 0 Å². The van der Waals surface area contributed by atoms with E-state index in [0.29, 0.717) is 29.2 Å². The summed E-state index contributed by atoms with van der Waals surface area (Å²) in [6.07, 6.45) is 4.31. The Hall–Kier alpha value is -1.80. The molecule has 1 aromatic carbocycles. The number of hydrogen-bond acceptors (Lipinski definition) is 4. The highest BCUT2D eigenvalue weighted by Gasteiger charge is 2.18. The molecule has 1 saturated heterocycles. The van der Waals surface area contributed by atoms with Gasteiger partial charge >= 0.3 is 0 Å². The summed E-state index contributed by atoms with van der Waals surface area (Å²) in [7, 11) is 0. The molecule has 2 aromatic rings. The number of benzene rings is 1. The summed E-state index contributed by atoms with van der Waals surface area (Å²) >= 11 is 3.16. The van der Waals surface area contributed by atoms with Gasteiger partial charge in [-0.3, -0.25) is 4.79 Å². The molecule has 24 heavy (non-hydrogen) atoms. The van der Waals surface area contributed by atoms with Crippen molar-refractivity contribution >= 4 is 21.8 Å². The highest BCUT2D eigenvalue weighted by atomic mass is 79.9. The van der Waals surface area contributed by atoms with Crippen LogP contribution in [0.25, 0.3) is 0 Å². The van der Waals surface area contributed by atoms with Gasteiger partial charge in [-0.2, -0.15) is 0 Å². The molecule has 6 nitrogen and oxygen atoms in total. The van der Waals surface area contributed by atoms with Gasteiger partial charge in [-0.05, 0) is 66.0 Å². The summed E-state index contributed by atoms with van der Waals surface area (Å²) in [5.41, 5.74) is 1.27. The van der Waals surface area contributed by atoms with E-state index in [4.69, 9.17) is 0 Å². The van der Waals surface area contributed by atoms with Gasteiger partial charge in [0, 0.05) is 6.54 Å². The Labute approximate surface area is 147 Å². The lowest BCUT2D eigenvalue weighted by Crippen LogP contribution is -2.29. The fourth-order valence-electron chi connectivity index (χ4n) is 2.74. The zero-order chi connectivity index (χ0) is 16.9. The Morgan fingerprint density at radius 1 is 1.42 bits per heavy atom. The molecule has 0 radical (unpaired) electrons. The number of piperidine rings is 1. The van der Waals surface area contributed by atoms with Crippen LogP contribution in [0.15, 0.2) is 28.9 Å². The number of nitrogens with one attached hydrogen (secondary N) is 2. The molecule has 0 aliphatic carbocycles. The van der Waals surface area contributed by atoms with Crippen molar-refractivity contribution in [2.45, 2.75) is 25.3 Å². The van der Waals surface area contributed by atoms with Crippen LogP contribution in [0.3, 0.4) is 0 Å². The van der Waals surface area contributed by atoms with Crippen molar-refractivity contribution in [2.24, 2.45) is 0 Å². The molecule has 3 rings (SSSR count). The molecule has 0 unspecified atom stereocenters. The Morgan fingerprint density at radius 2 is 2.21 bits per heavy atom. The Morgan fingerprint density at radius 3 is 2.96 bits per heavy atom. The first kappa shape index (κ1) is 17.0. The van der Waals surface area contributed by atoms with Gasteiger partial charge in [-0.15, -0.1) is 5.10 Å². The van der Waals surface area contributed by atoms with Crippen molar-refractivity contribution in [1.82, 2.24) is 25.6 Å². The minimum atomic E-state index is -0.294. The third-order valence-electron chi connectivity index (χ3n) is 4.11. The van der Waals surface area contributed by atoms with E-state index in [0.717, 1.165) is 31.5 Å². The second-order valence-corrected chi connectivity index (χ2v) is 6.67. The van der Waals surface area contributed by atoms with Gasteiger partial charge in [0.2, 0.25) is 0 Å². The normalized spacial score (nSPS) is 15.4. The van der Waals surface area contributed by atoms with E-state index in [9.17, 15) is 9.18 Å². The van der Waals surface area contributed by atoms with E-state index in [1.807, 2.05) is 0 Å². The lowest BCUT2D eigenvalue weighted by molar-refractivity contribution is 0.0949. The van der Waals surface area contributed by atoms with Gasteiger partial charge in [-0.25, -0.2) is 9.07 Å². The number of hydrogen-bond donors (Lipinski definition) is 2. The molecule has 2 N–H and O–H groups in total. The van der Waals surface area contributed by atoms with Crippen LogP contribution in [0.5, 0.6) is 0 Å². The maximum Gasteiger partial charge on any atom is 0.273 e. The first-order valence-corrected chi connectivity index (χ1v) is 8.77. The van der Waals surface area contributed by atoms with Gasteiger partial charge in [-0.1, -0.05) is 11.3 Å². The number of rotatable bonds is 5. The largest absolute Gasteiger partial charge is 0.350 e. The zero-order valence-electron chi connectivity index (χ0n) is 13.1. The summed E-state index contributed by atoms with van der Waals surface area (Å²) in [6, 6.07) is 5.14. The van der Waals surface area contributed by atoms with Crippen LogP contribution in [0.2, 0.25) is 0 Å². The van der Waals surface area contributed by atoms with Crippen molar-refractivity contribution < 1.29 is 9.18 Å². The van der Waals surface area contributed by atoms with Crippen molar-refractivity contribution in [2.75, 3.05) is 19.6 Å². The van der Waals surface area contributed by atoms with E-state index < -0.39 is 0 Å². The molecule has 2 heterocycles. The van der Waals surface area contributed by atoms with Crippen LogP contribution in [-0.4, -0.2) is 40.5 Å². The minimum absolute atomic E-state index is 0.239. The van der Waals surface area contributed by atoms with Crippen molar-refractivity contribution in [3.63, 3.8) is 0 Å². The number of carbonyl (C=O) groups is 1. The summed E-state index contributed by atoms with van der Waals surface area (Å²) in [5, 5.41) is 14.2. The highest BCUT2D eigenvalue weighted by molar-refractivity contribution is 9.10. The van der Waals surface area contributed by atoms with E-state index in [-0.39, 0.29) is 11.7 Å². The lowest BCUT2D eigenvalue weighted by atomic mass is 10.1. The molecular formula is C16H19BrFN5O. The molecule has 1 aliphatic heterocycles. The molecule has 8 heteroatoms. The molecule has 0 spiro atoms. The van der Waals surface area contributed by atoms with Gasteiger partial charge in [0.25, 0.3) is 5.91 Å². The van der Waals surface area contributed by atoms with Crippen molar-refractivity contribution in [3.05, 3.63) is 45.9 Å². The number of amides is 1. The standard InChI is InChI=1S/C16H19BrFN5O/c17-13-9-11(1-2-14(13)18)3-8-20-16(24)15-10-23(22-21-15)12-4-6-19-7-5-12/h1-2,9-10,12,19H,3-8H2,(H,20,24). The Balaban J connectivity index is 1.51. The second-order valence-electron chi connectivity index (χ2n) is 5.82. The number of halogens is 2. The predicted molar refractivity (Wildman–Crippen MR) is 91.3 cm³/mol. The molecule has 1 amide bonds. The maximum absolute atomic E-state index is 13.2. The SMILES string of the molecule is O=C(NCCc1ccc(F)c(Br)c1)c1cn(C2CCNCC2)nn1. The Bertz CT molecular complexity index is 714. The molecule has 0 saturated carbocycles. The smallest absolute Gasteiger partial charge is 0.273 e. The second kappa shape index (κ2) is 7.85. The fourth-order valence-corrected chi connectivity index (χ4v) is 3.16. The monoisotopic (exact) mass is 395 g/mol. The topological polar surface area (TPSA) is 71.8 Å². The third-order valence-corrected chi connectivity index (χ3v) is 4.72. The maximum atomic E-state index is 13.2. The van der Waals surface area contributed by atoms with Gasteiger partial charge in [0.1, 0.15) is 5.82 Å². The molecule has 1 aromatic heterocycles. The first-order chi connectivity index (χ1) is 11.6. The number of carbonyl (C=O) groups excluding carboxylic acids is 1. The van der Waals surface area contributed by atoms with Crippen LogP contribution in [0, 0.1) is 5.82 Å². The fraction of sp³-hybridized carbons (Fsp3) is 0.438. The zero-order valence-corrected chi connectivity index (χ0v) is 14.7. The molecule has 1 fully saturated rings. The minimum Gasteiger partial charge on any atom is -0.350 e. The molecule has 0 atom stereocenters. The molecular weight excluding hydrogens is 377 g/mol. The molecule has 0 bridgehead atoms. The van der Waals surface area contributed by atoms with Crippen LogP contribution in [0.1, 0.15) is 34.9 Å². The predicted octanol–water partition coefficient (Wildman–Crippen LogP) is 2.08. The van der Waals surface area contributed by atoms with Crippen molar-refractivity contribution in [1.29, 1.82) is 0 Å². The summed E-state index contributed by atoms with van der Waals surface area (Å²) in [6.45, 7) is 2.37. The molecule has 128 valence electrons. The summed E-state index contributed by atoms with van der Waals surface area (Å²) in [4.78, 5) is 12.1. The average Bonchev–Trinajstić information content (AvgIpc) is 3.09. The highest BCUT2D eigenvalue weighted by Crippen LogP contribution is 2.18. The van der Waals surface area contributed by atoms with E-state index in [1.165, 1.54) is 6.07 Å². The van der Waals surface area contributed by atoms with Crippen LogP contribution in [0.4, 0.5) is 4.39 Å². The van der Waals surface area contributed by atoms with Crippen LogP contribution in [-0.2, 0) is 6.42 Å². The lowest BCUT2D eigenvalue weighted by Gasteiger charge is -2.22. The van der Waals surface area contributed by atoms with E-state index in [1.54, 1.807) is 23.0 Å². The van der Waals surface area contributed by atoms with Gasteiger partial charge in [0.15, 0.2) is 5.69 Å². The molecule has 1 aliphatic rings. The van der Waals surface area contributed by atoms with Crippen LogP contribution >= 0.6 is 15.9 Å². The van der Waals surface area contributed by atoms with Crippen LogP contribution < -0.4 is 10.6 Å². The van der Waals surface area contributed by atoms with Gasteiger partial charge < -0.3 is 10.6 Å².